The average Bonchev–Trinajstić information content (AvgIpc) is 2.89. The minimum Gasteiger partial charge on any atom is -0.354 e. The van der Waals surface area contributed by atoms with Crippen LogP contribution in [0.3, 0.4) is 0 Å². The monoisotopic (exact) mass is 600 g/mol. The molecule has 1 N–H and O–H groups in total. The van der Waals surface area contributed by atoms with E-state index in [4.69, 9.17) is 11.6 Å². The van der Waals surface area contributed by atoms with E-state index in [0.29, 0.717) is 43.3 Å². The van der Waals surface area contributed by atoms with Gasteiger partial charge in [0, 0.05) is 40.3 Å². The maximum Gasteiger partial charge on any atom is 0.243 e. The molecular formula is C30H34BrClN2O2S. The molecular weight excluding hydrogens is 568 g/mol. The summed E-state index contributed by atoms with van der Waals surface area (Å²) in [7, 11) is 0. The maximum absolute atomic E-state index is 13.7. The van der Waals surface area contributed by atoms with Crippen molar-refractivity contribution >= 4 is 51.1 Å². The van der Waals surface area contributed by atoms with Gasteiger partial charge in [-0.25, -0.2) is 0 Å². The minimum atomic E-state index is -0.596. The fraction of sp³-hybridized carbons (Fsp3) is 0.333. The van der Waals surface area contributed by atoms with Crippen LogP contribution < -0.4 is 5.32 Å². The van der Waals surface area contributed by atoms with E-state index in [1.807, 2.05) is 78.9 Å². The highest BCUT2D eigenvalue weighted by molar-refractivity contribution is 9.10. The third-order valence-corrected chi connectivity index (χ3v) is 7.72. The number of amides is 2. The van der Waals surface area contributed by atoms with Gasteiger partial charge in [-0.2, -0.15) is 0 Å². The molecule has 0 bridgehead atoms. The minimum absolute atomic E-state index is 0.0137. The summed E-state index contributed by atoms with van der Waals surface area (Å²) in [6.45, 7) is 5.08. The van der Waals surface area contributed by atoms with Crippen molar-refractivity contribution in [3.05, 3.63) is 99.5 Å². The van der Waals surface area contributed by atoms with Crippen LogP contribution in [0.2, 0.25) is 5.02 Å². The molecule has 0 spiro atoms. The molecule has 3 aromatic carbocycles. The number of benzene rings is 3. The van der Waals surface area contributed by atoms with Gasteiger partial charge in [0.2, 0.25) is 11.8 Å². The molecule has 0 saturated carbocycles. The molecule has 0 saturated heterocycles. The van der Waals surface area contributed by atoms with E-state index >= 15 is 0 Å². The van der Waals surface area contributed by atoms with E-state index in [1.54, 1.807) is 16.7 Å². The molecule has 37 heavy (non-hydrogen) atoms. The van der Waals surface area contributed by atoms with Crippen LogP contribution in [0.5, 0.6) is 0 Å². The van der Waals surface area contributed by atoms with Crippen molar-refractivity contribution in [2.75, 3.05) is 12.3 Å². The second kappa shape index (κ2) is 15.2. The molecule has 0 heterocycles. The van der Waals surface area contributed by atoms with Crippen LogP contribution in [-0.2, 0) is 22.6 Å². The number of carbonyl (C=O) groups excluding carboxylic acids is 2. The van der Waals surface area contributed by atoms with Gasteiger partial charge < -0.3 is 10.2 Å². The fourth-order valence-corrected chi connectivity index (χ4v) is 5.09. The van der Waals surface area contributed by atoms with Crippen molar-refractivity contribution in [1.29, 1.82) is 0 Å². The van der Waals surface area contributed by atoms with Crippen LogP contribution in [0.15, 0.2) is 88.2 Å². The first kappa shape index (κ1) is 29.3. The maximum atomic E-state index is 13.7. The van der Waals surface area contributed by atoms with Crippen LogP contribution in [-0.4, -0.2) is 35.1 Å². The lowest BCUT2D eigenvalue weighted by Gasteiger charge is -2.32. The van der Waals surface area contributed by atoms with Gasteiger partial charge in [0.1, 0.15) is 6.04 Å². The Balaban J connectivity index is 1.77. The number of nitrogens with one attached hydrogen (secondary N) is 1. The van der Waals surface area contributed by atoms with Crippen molar-refractivity contribution in [3.8, 4) is 0 Å². The molecule has 0 unspecified atom stereocenters. The van der Waals surface area contributed by atoms with Crippen molar-refractivity contribution < 1.29 is 9.59 Å². The van der Waals surface area contributed by atoms with Crippen molar-refractivity contribution in [1.82, 2.24) is 10.2 Å². The zero-order valence-electron chi connectivity index (χ0n) is 21.3. The summed E-state index contributed by atoms with van der Waals surface area (Å²) < 4.78 is 0.976. The van der Waals surface area contributed by atoms with Gasteiger partial charge in [-0.1, -0.05) is 83.8 Å². The van der Waals surface area contributed by atoms with E-state index in [-0.39, 0.29) is 11.8 Å². The number of carbonyl (C=O) groups is 2. The first-order valence-electron chi connectivity index (χ1n) is 12.6. The summed E-state index contributed by atoms with van der Waals surface area (Å²) >= 11 is 11.2. The van der Waals surface area contributed by atoms with Gasteiger partial charge in [0.25, 0.3) is 0 Å². The number of hydrogen-bond donors (Lipinski definition) is 1. The van der Waals surface area contributed by atoms with Crippen molar-refractivity contribution in [2.24, 2.45) is 5.92 Å². The first-order chi connectivity index (χ1) is 17.8. The summed E-state index contributed by atoms with van der Waals surface area (Å²) in [5.41, 5.74) is 2.01. The molecule has 3 rings (SSSR count). The van der Waals surface area contributed by atoms with E-state index in [2.05, 4.69) is 35.1 Å². The Kier molecular flexibility index (Phi) is 12.0. The highest BCUT2D eigenvalue weighted by Crippen LogP contribution is 2.23. The molecule has 0 radical (unpaired) electrons. The van der Waals surface area contributed by atoms with Gasteiger partial charge in [-0.05, 0) is 65.6 Å². The summed E-state index contributed by atoms with van der Waals surface area (Å²) in [4.78, 5) is 30.0. The Morgan fingerprint density at radius 3 is 2.27 bits per heavy atom. The van der Waals surface area contributed by atoms with E-state index in [9.17, 15) is 9.59 Å². The highest BCUT2D eigenvalue weighted by Gasteiger charge is 2.30. The number of rotatable bonds is 13. The second-order valence-corrected chi connectivity index (χ2v) is 11.9. The molecule has 4 nitrogen and oxygen atoms in total. The predicted molar refractivity (Wildman–Crippen MR) is 158 cm³/mol. The normalized spacial score (nSPS) is 11.8. The van der Waals surface area contributed by atoms with Gasteiger partial charge >= 0.3 is 0 Å². The quantitative estimate of drug-likeness (QED) is 0.164. The molecule has 1 atom stereocenters. The highest BCUT2D eigenvalue weighted by atomic mass is 79.9. The molecule has 2 amide bonds. The molecule has 0 aromatic heterocycles. The number of halogens is 2. The number of nitrogens with zero attached hydrogens (tertiary/aromatic N) is 1. The number of hydrogen-bond acceptors (Lipinski definition) is 3. The Hall–Kier alpha value is -2.28. The Morgan fingerprint density at radius 1 is 0.946 bits per heavy atom. The lowest BCUT2D eigenvalue weighted by atomic mass is 10.0. The molecule has 196 valence electrons. The lowest BCUT2D eigenvalue weighted by Crippen LogP contribution is -2.51. The molecule has 0 aliphatic rings. The SMILES string of the molecule is CC(C)CNC(=O)[C@@H](Cc1ccccc1)N(Cc1ccc(Br)cc1)C(=O)CCCSc1ccc(Cl)cc1. The summed E-state index contributed by atoms with van der Waals surface area (Å²) in [6.07, 6.45) is 1.56. The molecule has 0 aliphatic carbocycles. The van der Waals surface area contributed by atoms with Crippen molar-refractivity contribution in [3.63, 3.8) is 0 Å². The third-order valence-electron chi connectivity index (χ3n) is 5.84. The Labute approximate surface area is 238 Å². The molecule has 3 aromatic rings. The zero-order chi connectivity index (χ0) is 26.6. The molecule has 7 heteroatoms. The fourth-order valence-electron chi connectivity index (χ4n) is 3.85. The van der Waals surface area contributed by atoms with Gasteiger partial charge in [-0.15, -0.1) is 11.8 Å². The first-order valence-corrected chi connectivity index (χ1v) is 14.7. The van der Waals surface area contributed by atoms with Crippen LogP contribution in [0.1, 0.15) is 37.8 Å². The summed E-state index contributed by atoms with van der Waals surface area (Å²) in [5, 5.41) is 3.78. The van der Waals surface area contributed by atoms with Gasteiger partial charge in [-0.3, -0.25) is 9.59 Å². The third kappa shape index (κ3) is 10.2. The van der Waals surface area contributed by atoms with Crippen LogP contribution in [0.4, 0.5) is 0 Å². The smallest absolute Gasteiger partial charge is 0.243 e. The van der Waals surface area contributed by atoms with Crippen LogP contribution in [0, 0.1) is 5.92 Å². The summed E-state index contributed by atoms with van der Waals surface area (Å²) in [5.74, 6) is 1.00. The largest absolute Gasteiger partial charge is 0.354 e. The zero-order valence-corrected chi connectivity index (χ0v) is 24.5. The van der Waals surface area contributed by atoms with Crippen LogP contribution in [0.25, 0.3) is 0 Å². The van der Waals surface area contributed by atoms with Crippen LogP contribution >= 0.6 is 39.3 Å². The van der Waals surface area contributed by atoms with Gasteiger partial charge in [0.15, 0.2) is 0 Å². The topological polar surface area (TPSA) is 49.4 Å². The van der Waals surface area contributed by atoms with E-state index in [1.165, 1.54) is 0 Å². The summed E-state index contributed by atoms with van der Waals surface area (Å²) in [6, 6.07) is 24.9. The lowest BCUT2D eigenvalue weighted by molar-refractivity contribution is -0.141. The molecule has 0 aliphatic heterocycles. The molecule has 0 fully saturated rings. The van der Waals surface area contributed by atoms with Crippen molar-refractivity contribution in [2.45, 2.75) is 50.6 Å². The second-order valence-electron chi connectivity index (χ2n) is 9.40. The van der Waals surface area contributed by atoms with Gasteiger partial charge in [0.05, 0.1) is 0 Å². The number of thioether (sulfide) groups is 1. The average molecular weight is 602 g/mol. The Morgan fingerprint density at radius 2 is 1.62 bits per heavy atom. The Bertz CT molecular complexity index is 1120. The predicted octanol–water partition coefficient (Wildman–Crippen LogP) is 7.39. The van der Waals surface area contributed by atoms with E-state index < -0.39 is 6.04 Å². The van der Waals surface area contributed by atoms with E-state index in [0.717, 1.165) is 26.2 Å². The standard InChI is InChI=1S/C30H34BrClN2O2S/c1-22(2)20-33-30(36)28(19-23-7-4-3-5-8-23)34(21-24-10-12-25(31)13-11-24)29(35)9-6-18-37-27-16-14-26(32)15-17-27/h3-5,7-8,10-17,22,28H,6,9,18-21H2,1-2H3,(H,33,36)/t28-/m1/s1.